The van der Waals surface area contributed by atoms with Crippen LogP contribution in [0.5, 0.6) is 5.75 Å². The fraction of sp³-hybridized carbons (Fsp3) is 0.292. The van der Waals surface area contributed by atoms with E-state index in [-0.39, 0.29) is 0 Å². The number of aromatic nitrogens is 1. The summed E-state index contributed by atoms with van der Waals surface area (Å²) in [4.78, 5) is 4.63. The Morgan fingerprint density at radius 3 is 2.04 bits per heavy atom. The van der Waals surface area contributed by atoms with E-state index in [1.54, 1.807) is 7.11 Å². The van der Waals surface area contributed by atoms with Crippen molar-refractivity contribution in [2.45, 2.75) is 39.0 Å². The first-order valence-corrected chi connectivity index (χ1v) is 9.50. The second-order valence-electron chi connectivity index (χ2n) is 6.67. The minimum Gasteiger partial charge on any atom is -0.497 e. The van der Waals surface area contributed by atoms with Crippen LogP contribution in [0.4, 0.5) is 0 Å². The summed E-state index contributed by atoms with van der Waals surface area (Å²) in [6.07, 6.45) is 8.37. The van der Waals surface area contributed by atoms with Crippen molar-refractivity contribution in [3.63, 3.8) is 0 Å². The van der Waals surface area contributed by atoms with Gasteiger partial charge in [0.05, 0.1) is 12.8 Å². The summed E-state index contributed by atoms with van der Waals surface area (Å²) >= 11 is 0. The molecule has 1 heterocycles. The van der Waals surface area contributed by atoms with E-state index in [2.05, 4.69) is 48.3 Å². The Labute approximate surface area is 156 Å². The molecule has 0 aliphatic carbocycles. The van der Waals surface area contributed by atoms with Crippen molar-refractivity contribution in [1.82, 2.24) is 4.98 Å². The van der Waals surface area contributed by atoms with Gasteiger partial charge in [0.1, 0.15) is 5.75 Å². The molecular weight excluding hydrogens is 318 g/mol. The molecule has 2 aromatic carbocycles. The number of pyridine rings is 1. The second kappa shape index (κ2) is 9.19. The molecule has 0 radical (unpaired) electrons. The summed E-state index contributed by atoms with van der Waals surface area (Å²) in [5.74, 6) is 0.861. The Bertz CT molecular complexity index is 789. The maximum atomic E-state index is 5.21. The summed E-state index contributed by atoms with van der Waals surface area (Å²) in [5.41, 5.74) is 5.87. The molecular formula is C24H27NO. The molecule has 1 aromatic heterocycles. The zero-order valence-electron chi connectivity index (χ0n) is 15.7. The molecule has 0 aliphatic rings. The van der Waals surface area contributed by atoms with Crippen molar-refractivity contribution in [3.8, 4) is 28.1 Å². The van der Waals surface area contributed by atoms with Gasteiger partial charge in [0.2, 0.25) is 0 Å². The second-order valence-corrected chi connectivity index (χ2v) is 6.67. The third-order valence-corrected chi connectivity index (χ3v) is 4.76. The average molecular weight is 345 g/mol. The maximum Gasteiger partial charge on any atom is 0.118 e. The zero-order valence-corrected chi connectivity index (χ0v) is 15.7. The first-order valence-electron chi connectivity index (χ1n) is 9.50. The monoisotopic (exact) mass is 345 g/mol. The number of unbranched alkanes of at least 4 members (excludes halogenated alkanes) is 3. The van der Waals surface area contributed by atoms with Gasteiger partial charge in [0, 0.05) is 17.3 Å². The lowest BCUT2D eigenvalue weighted by molar-refractivity contribution is 0.415. The number of hydrogen-bond acceptors (Lipinski definition) is 2. The SMILES string of the molecule is CCCCCCc1ccc(-c2ccc(-c3ccc(OC)cc3)nc2)cc1. The van der Waals surface area contributed by atoms with Gasteiger partial charge >= 0.3 is 0 Å². The molecule has 0 saturated carbocycles. The van der Waals surface area contributed by atoms with Crippen molar-refractivity contribution in [2.75, 3.05) is 7.11 Å². The lowest BCUT2D eigenvalue weighted by Gasteiger charge is -2.07. The number of rotatable bonds is 8. The van der Waals surface area contributed by atoms with Crippen molar-refractivity contribution >= 4 is 0 Å². The van der Waals surface area contributed by atoms with Crippen LogP contribution >= 0.6 is 0 Å². The number of nitrogens with zero attached hydrogens (tertiary/aromatic N) is 1. The number of benzene rings is 2. The molecule has 0 amide bonds. The van der Waals surface area contributed by atoms with Gasteiger partial charge in [0.25, 0.3) is 0 Å². The van der Waals surface area contributed by atoms with E-state index in [1.807, 2.05) is 30.5 Å². The Balaban J connectivity index is 1.66. The lowest BCUT2D eigenvalue weighted by Crippen LogP contribution is -1.88. The van der Waals surface area contributed by atoms with Gasteiger partial charge in [-0.15, -0.1) is 0 Å². The standard InChI is InChI=1S/C24H27NO/c1-3-4-5-6-7-19-8-10-20(11-9-19)22-14-17-24(25-18-22)21-12-15-23(26-2)16-13-21/h8-18H,3-7H2,1-2H3. The van der Waals surface area contributed by atoms with Gasteiger partial charge in [-0.25, -0.2) is 0 Å². The summed E-state index contributed by atoms with van der Waals surface area (Å²) in [7, 11) is 1.68. The van der Waals surface area contributed by atoms with Gasteiger partial charge in [-0.2, -0.15) is 0 Å². The third-order valence-electron chi connectivity index (χ3n) is 4.76. The zero-order chi connectivity index (χ0) is 18.2. The molecule has 0 saturated heterocycles. The van der Waals surface area contributed by atoms with Crippen molar-refractivity contribution in [3.05, 3.63) is 72.4 Å². The van der Waals surface area contributed by atoms with E-state index >= 15 is 0 Å². The number of hydrogen-bond donors (Lipinski definition) is 0. The van der Waals surface area contributed by atoms with E-state index in [0.29, 0.717) is 0 Å². The summed E-state index contributed by atoms with van der Waals surface area (Å²) in [6, 6.07) is 21.1. The summed E-state index contributed by atoms with van der Waals surface area (Å²) in [6.45, 7) is 2.25. The van der Waals surface area contributed by atoms with Crippen LogP contribution in [-0.4, -0.2) is 12.1 Å². The van der Waals surface area contributed by atoms with Crippen molar-refractivity contribution < 1.29 is 4.74 Å². The third kappa shape index (κ3) is 4.72. The largest absolute Gasteiger partial charge is 0.497 e. The molecule has 0 fully saturated rings. The average Bonchev–Trinajstić information content (AvgIpc) is 2.72. The molecule has 134 valence electrons. The highest BCUT2D eigenvalue weighted by Crippen LogP contribution is 2.24. The fourth-order valence-electron chi connectivity index (χ4n) is 3.12. The van der Waals surface area contributed by atoms with Gasteiger partial charge in [0.15, 0.2) is 0 Å². The fourth-order valence-corrected chi connectivity index (χ4v) is 3.12. The predicted molar refractivity (Wildman–Crippen MR) is 110 cm³/mol. The maximum absolute atomic E-state index is 5.21. The Morgan fingerprint density at radius 1 is 0.731 bits per heavy atom. The van der Waals surface area contributed by atoms with Gasteiger partial charge in [-0.3, -0.25) is 4.98 Å². The lowest BCUT2D eigenvalue weighted by atomic mass is 10.0. The quantitative estimate of drug-likeness (QED) is 0.432. The van der Waals surface area contributed by atoms with E-state index in [4.69, 9.17) is 4.74 Å². The van der Waals surface area contributed by atoms with E-state index < -0.39 is 0 Å². The molecule has 0 unspecified atom stereocenters. The number of aryl methyl sites for hydroxylation is 1. The van der Waals surface area contributed by atoms with Gasteiger partial charge in [-0.1, -0.05) is 56.5 Å². The van der Waals surface area contributed by atoms with Crippen LogP contribution in [0.25, 0.3) is 22.4 Å². The first-order chi connectivity index (χ1) is 12.8. The minimum atomic E-state index is 0.861. The molecule has 0 spiro atoms. The van der Waals surface area contributed by atoms with Crippen molar-refractivity contribution in [2.24, 2.45) is 0 Å². The van der Waals surface area contributed by atoms with E-state index in [0.717, 1.165) is 22.6 Å². The van der Waals surface area contributed by atoms with Crippen LogP contribution < -0.4 is 4.74 Å². The van der Waals surface area contributed by atoms with E-state index in [9.17, 15) is 0 Å². The first kappa shape index (κ1) is 18.2. The topological polar surface area (TPSA) is 22.1 Å². The molecule has 0 aliphatic heterocycles. The van der Waals surface area contributed by atoms with Crippen LogP contribution in [0.15, 0.2) is 66.9 Å². The number of ether oxygens (including phenoxy) is 1. The van der Waals surface area contributed by atoms with Gasteiger partial charge < -0.3 is 4.74 Å². The van der Waals surface area contributed by atoms with E-state index in [1.165, 1.54) is 43.2 Å². The Morgan fingerprint density at radius 2 is 1.42 bits per heavy atom. The smallest absolute Gasteiger partial charge is 0.118 e. The van der Waals surface area contributed by atoms with Crippen LogP contribution in [0.3, 0.4) is 0 Å². The molecule has 0 bridgehead atoms. The van der Waals surface area contributed by atoms with Gasteiger partial charge in [-0.05, 0) is 54.3 Å². The normalized spacial score (nSPS) is 10.7. The summed E-state index contributed by atoms with van der Waals surface area (Å²) < 4.78 is 5.21. The highest BCUT2D eigenvalue weighted by atomic mass is 16.5. The molecule has 26 heavy (non-hydrogen) atoms. The van der Waals surface area contributed by atoms with Crippen LogP contribution in [0.2, 0.25) is 0 Å². The highest BCUT2D eigenvalue weighted by molar-refractivity contribution is 5.67. The number of methoxy groups -OCH3 is 1. The molecule has 0 atom stereocenters. The molecule has 3 rings (SSSR count). The molecule has 2 nitrogen and oxygen atoms in total. The molecule has 2 heteroatoms. The van der Waals surface area contributed by atoms with Crippen LogP contribution in [0, 0.1) is 0 Å². The van der Waals surface area contributed by atoms with Crippen LogP contribution in [0.1, 0.15) is 38.2 Å². The molecule has 0 N–H and O–H groups in total. The highest BCUT2D eigenvalue weighted by Gasteiger charge is 2.03. The Kier molecular flexibility index (Phi) is 6.43. The molecule has 3 aromatic rings. The predicted octanol–water partition coefficient (Wildman–Crippen LogP) is 6.55. The summed E-state index contributed by atoms with van der Waals surface area (Å²) in [5, 5.41) is 0. The van der Waals surface area contributed by atoms with Crippen LogP contribution in [-0.2, 0) is 6.42 Å². The minimum absolute atomic E-state index is 0.861. The van der Waals surface area contributed by atoms with Crippen molar-refractivity contribution in [1.29, 1.82) is 0 Å². The Hall–Kier alpha value is -2.61.